The molecule has 1 aliphatic rings. The first-order valence-corrected chi connectivity index (χ1v) is 6.21. The van der Waals surface area contributed by atoms with Gasteiger partial charge in [-0.1, -0.05) is 6.07 Å². The van der Waals surface area contributed by atoms with Crippen molar-refractivity contribution in [1.29, 1.82) is 0 Å². The average molecular weight is 210 g/mol. The van der Waals surface area contributed by atoms with Crippen LogP contribution in [0.3, 0.4) is 0 Å². The van der Waals surface area contributed by atoms with Crippen molar-refractivity contribution in [1.82, 2.24) is 10.3 Å². The van der Waals surface area contributed by atoms with Crippen LogP contribution in [-0.2, 0) is 10.8 Å². The van der Waals surface area contributed by atoms with E-state index in [2.05, 4.69) is 10.3 Å². The van der Waals surface area contributed by atoms with E-state index in [0.29, 0.717) is 16.8 Å². The minimum atomic E-state index is -0.947. The summed E-state index contributed by atoms with van der Waals surface area (Å²) in [6, 6.07) is 5.96. The molecule has 1 saturated heterocycles. The molecule has 1 aromatic heterocycles. The molecule has 1 aliphatic heterocycles. The molecule has 2 heterocycles. The number of nitrogens with one attached hydrogen (secondary N) is 1. The lowest BCUT2D eigenvalue weighted by molar-refractivity contribution is 0.641. The average Bonchev–Trinajstić information content (AvgIpc) is 2.72. The van der Waals surface area contributed by atoms with Crippen molar-refractivity contribution >= 4 is 10.8 Å². The molecule has 0 aliphatic carbocycles. The minimum Gasteiger partial charge on any atom is -0.313 e. The van der Waals surface area contributed by atoms with Gasteiger partial charge in [0.05, 0.1) is 10.8 Å². The number of hydrogen-bond donors (Lipinski definition) is 1. The minimum absolute atomic E-state index is 0.415. The summed E-state index contributed by atoms with van der Waals surface area (Å²) in [5.41, 5.74) is 0. The Morgan fingerprint density at radius 1 is 1.57 bits per heavy atom. The quantitative estimate of drug-likeness (QED) is 0.807. The van der Waals surface area contributed by atoms with Crippen LogP contribution in [0.5, 0.6) is 0 Å². The fraction of sp³-hybridized carbons (Fsp3) is 0.500. The van der Waals surface area contributed by atoms with E-state index < -0.39 is 10.8 Å². The maximum absolute atomic E-state index is 11.8. The molecule has 2 atom stereocenters. The highest BCUT2D eigenvalue weighted by atomic mass is 32.2. The van der Waals surface area contributed by atoms with E-state index in [9.17, 15) is 4.21 Å². The first kappa shape index (κ1) is 9.80. The molecule has 4 heteroatoms. The second kappa shape index (κ2) is 4.66. The van der Waals surface area contributed by atoms with Crippen LogP contribution in [0.25, 0.3) is 0 Å². The Kier molecular flexibility index (Phi) is 3.26. The molecule has 14 heavy (non-hydrogen) atoms. The molecular weight excluding hydrogens is 196 g/mol. The zero-order valence-corrected chi connectivity index (χ0v) is 8.80. The van der Waals surface area contributed by atoms with Crippen molar-refractivity contribution in [3.8, 4) is 0 Å². The van der Waals surface area contributed by atoms with Crippen LogP contribution in [0, 0.1) is 0 Å². The molecule has 0 bridgehead atoms. The van der Waals surface area contributed by atoms with Gasteiger partial charge in [-0.25, -0.2) is 4.98 Å². The second-order valence-corrected chi connectivity index (χ2v) is 4.92. The van der Waals surface area contributed by atoms with Gasteiger partial charge in [-0.2, -0.15) is 0 Å². The number of pyridine rings is 1. The highest BCUT2D eigenvalue weighted by Crippen LogP contribution is 2.09. The third-order valence-electron chi connectivity index (χ3n) is 2.39. The van der Waals surface area contributed by atoms with E-state index in [0.717, 1.165) is 13.0 Å². The molecule has 0 unspecified atom stereocenters. The fourth-order valence-electron chi connectivity index (χ4n) is 1.65. The van der Waals surface area contributed by atoms with Crippen molar-refractivity contribution in [3.63, 3.8) is 0 Å². The summed E-state index contributed by atoms with van der Waals surface area (Å²) < 4.78 is 11.8. The van der Waals surface area contributed by atoms with Gasteiger partial charge >= 0.3 is 0 Å². The fourth-order valence-corrected chi connectivity index (χ4v) is 2.88. The van der Waals surface area contributed by atoms with Gasteiger partial charge in [0.2, 0.25) is 0 Å². The van der Waals surface area contributed by atoms with E-state index in [4.69, 9.17) is 0 Å². The van der Waals surface area contributed by atoms with Crippen molar-refractivity contribution in [3.05, 3.63) is 24.4 Å². The Hall–Kier alpha value is -0.740. The van der Waals surface area contributed by atoms with Crippen molar-refractivity contribution in [2.45, 2.75) is 23.9 Å². The van der Waals surface area contributed by atoms with Gasteiger partial charge in [-0.05, 0) is 31.5 Å². The summed E-state index contributed by atoms with van der Waals surface area (Å²) in [5, 5.41) is 4.03. The summed E-state index contributed by atoms with van der Waals surface area (Å²) in [6.07, 6.45) is 4.03. The molecule has 0 saturated carbocycles. The van der Waals surface area contributed by atoms with Gasteiger partial charge in [0, 0.05) is 18.0 Å². The highest BCUT2D eigenvalue weighted by molar-refractivity contribution is 7.85. The predicted molar refractivity (Wildman–Crippen MR) is 56.5 cm³/mol. The Labute approximate surface area is 86.4 Å². The molecule has 1 aromatic rings. The lowest BCUT2D eigenvalue weighted by Gasteiger charge is -2.08. The van der Waals surface area contributed by atoms with E-state index in [-0.39, 0.29) is 0 Å². The zero-order chi connectivity index (χ0) is 9.80. The van der Waals surface area contributed by atoms with Crippen LogP contribution in [-0.4, -0.2) is 27.5 Å². The molecule has 2 rings (SSSR count). The SMILES string of the molecule is O=[S@](C[C@@H]1CCCN1)c1ccccn1. The van der Waals surface area contributed by atoms with Crippen LogP contribution >= 0.6 is 0 Å². The first-order chi connectivity index (χ1) is 6.86. The standard InChI is InChI=1S/C10H14N2OS/c13-14(8-9-4-3-7-11-9)10-5-1-2-6-12-10/h1-2,5-6,9,11H,3-4,7-8H2/t9-,14+/m0/s1. The number of aromatic nitrogens is 1. The number of nitrogens with zero attached hydrogens (tertiary/aromatic N) is 1. The Morgan fingerprint density at radius 2 is 2.50 bits per heavy atom. The summed E-state index contributed by atoms with van der Waals surface area (Å²) in [4.78, 5) is 4.09. The highest BCUT2D eigenvalue weighted by Gasteiger charge is 2.17. The first-order valence-electron chi connectivity index (χ1n) is 4.89. The number of rotatable bonds is 3. The van der Waals surface area contributed by atoms with Crippen LogP contribution in [0.1, 0.15) is 12.8 Å². The van der Waals surface area contributed by atoms with Crippen LogP contribution < -0.4 is 5.32 Å². The molecule has 0 amide bonds. The summed E-state index contributed by atoms with van der Waals surface area (Å²) in [6.45, 7) is 1.06. The van der Waals surface area contributed by atoms with Gasteiger partial charge in [-0.15, -0.1) is 0 Å². The van der Waals surface area contributed by atoms with Gasteiger partial charge < -0.3 is 5.32 Å². The second-order valence-electron chi connectivity index (χ2n) is 3.47. The smallest absolute Gasteiger partial charge is 0.127 e. The summed E-state index contributed by atoms with van der Waals surface area (Å²) in [7, 11) is -0.947. The third kappa shape index (κ3) is 2.39. The maximum Gasteiger partial charge on any atom is 0.127 e. The summed E-state index contributed by atoms with van der Waals surface area (Å²) in [5.74, 6) is 0.691. The molecule has 0 spiro atoms. The molecular formula is C10H14N2OS. The molecule has 0 aromatic carbocycles. The molecule has 3 nitrogen and oxygen atoms in total. The molecule has 76 valence electrons. The van der Waals surface area contributed by atoms with E-state index in [1.165, 1.54) is 6.42 Å². The molecule has 1 N–H and O–H groups in total. The van der Waals surface area contributed by atoms with Crippen LogP contribution in [0.2, 0.25) is 0 Å². The van der Waals surface area contributed by atoms with E-state index in [1.54, 1.807) is 6.20 Å². The van der Waals surface area contributed by atoms with E-state index in [1.807, 2.05) is 18.2 Å². The van der Waals surface area contributed by atoms with E-state index >= 15 is 0 Å². The summed E-state index contributed by atoms with van der Waals surface area (Å²) >= 11 is 0. The van der Waals surface area contributed by atoms with Gasteiger partial charge in [0.25, 0.3) is 0 Å². The monoisotopic (exact) mass is 210 g/mol. The van der Waals surface area contributed by atoms with Crippen molar-refractivity contribution in [2.24, 2.45) is 0 Å². The van der Waals surface area contributed by atoms with Crippen molar-refractivity contribution in [2.75, 3.05) is 12.3 Å². The zero-order valence-electron chi connectivity index (χ0n) is 7.98. The Bertz CT molecular complexity index is 309. The predicted octanol–water partition coefficient (Wildman–Crippen LogP) is 0.941. The maximum atomic E-state index is 11.8. The lowest BCUT2D eigenvalue weighted by Crippen LogP contribution is -2.27. The topological polar surface area (TPSA) is 42.0 Å². The molecule has 1 fully saturated rings. The van der Waals surface area contributed by atoms with Crippen LogP contribution in [0.4, 0.5) is 0 Å². The number of hydrogen-bond acceptors (Lipinski definition) is 3. The molecule has 0 radical (unpaired) electrons. The third-order valence-corrected chi connectivity index (χ3v) is 3.80. The normalized spacial score (nSPS) is 23.6. The lowest BCUT2D eigenvalue weighted by atomic mass is 10.3. The van der Waals surface area contributed by atoms with Crippen molar-refractivity contribution < 1.29 is 4.21 Å². The van der Waals surface area contributed by atoms with Gasteiger partial charge in [0.15, 0.2) is 0 Å². The Morgan fingerprint density at radius 3 is 3.14 bits per heavy atom. The Balaban J connectivity index is 1.95. The largest absolute Gasteiger partial charge is 0.313 e. The van der Waals surface area contributed by atoms with Gasteiger partial charge in [-0.3, -0.25) is 4.21 Å². The van der Waals surface area contributed by atoms with Gasteiger partial charge in [0.1, 0.15) is 5.03 Å². The van der Waals surface area contributed by atoms with Crippen LogP contribution in [0.15, 0.2) is 29.4 Å².